The third-order valence-electron chi connectivity index (χ3n) is 6.87. The molecule has 182 valence electrons. The second-order valence-corrected chi connectivity index (χ2v) is 9.99. The SMILES string of the molecule is CC(C(=O)N(C)c1ccc2cc(-c3n[nH]c4c3CCC(C)(C)C4)[nH]c2c1)N(CCO)CC(=O)O. The van der Waals surface area contributed by atoms with Crippen LogP contribution in [0.3, 0.4) is 0 Å². The van der Waals surface area contributed by atoms with Gasteiger partial charge in [0.2, 0.25) is 5.91 Å². The molecular weight excluding hydrogens is 434 g/mol. The Morgan fingerprint density at radius 3 is 2.74 bits per heavy atom. The van der Waals surface area contributed by atoms with E-state index in [1.807, 2.05) is 18.2 Å². The molecule has 1 aliphatic carbocycles. The number of aliphatic hydroxyl groups excluding tert-OH is 1. The van der Waals surface area contributed by atoms with Crippen LogP contribution in [0.15, 0.2) is 24.3 Å². The predicted molar refractivity (Wildman–Crippen MR) is 131 cm³/mol. The number of aliphatic carboxylic acids is 1. The maximum absolute atomic E-state index is 13.1. The lowest BCUT2D eigenvalue weighted by Gasteiger charge is -2.29. The summed E-state index contributed by atoms with van der Waals surface area (Å²) in [6.07, 6.45) is 3.10. The Bertz CT molecular complexity index is 1210. The van der Waals surface area contributed by atoms with Crippen LogP contribution in [0.4, 0.5) is 5.69 Å². The van der Waals surface area contributed by atoms with Crippen LogP contribution in [0, 0.1) is 5.41 Å². The van der Waals surface area contributed by atoms with E-state index in [-0.39, 0.29) is 31.0 Å². The molecule has 0 fully saturated rings. The molecule has 1 atom stereocenters. The number of H-pyrrole nitrogens is 2. The maximum Gasteiger partial charge on any atom is 0.317 e. The Kier molecular flexibility index (Phi) is 6.51. The van der Waals surface area contributed by atoms with Crippen molar-refractivity contribution < 1.29 is 19.8 Å². The molecule has 0 aliphatic heterocycles. The highest BCUT2D eigenvalue weighted by molar-refractivity contribution is 5.99. The Balaban J connectivity index is 1.57. The van der Waals surface area contributed by atoms with E-state index in [1.54, 1.807) is 14.0 Å². The number of anilines is 1. The molecule has 0 spiro atoms. The molecule has 9 heteroatoms. The fourth-order valence-electron chi connectivity index (χ4n) is 4.80. The van der Waals surface area contributed by atoms with E-state index in [0.29, 0.717) is 5.69 Å². The van der Waals surface area contributed by atoms with Gasteiger partial charge in [-0.2, -0.15) is 5.10 Å². The van der Waals surface area contributed by atoms with Gasteiger partial charge in [-0.05, 0) is 49.8 Å². The zero-order valence-electron chi connectivity index (χ0n) is 20.2. The number of nitrogens with zero attached hydrogens (tertiary/aromatic N) is 3. The first-order chi connectivity index (χ1) is 16.1. The summed E-state index contributed by atoms with van der Waals surface area (Å²) in [7, 11) is 1.67. The molecule has 9 nitrogen and oxygen atoms in total. The predicted octanol–water partition coefficient (Wildman–Crippen LogP) is 2.80. The third-order valence-corrected chi connectivity index (χ3v) is 6.87. The van der Waals surface area contributed by atoms with Gasteiger partial charge in [0, 0.05) is 41.4 Å². The van der Waals surface area contributed by atoms with Crippen molar-refractivity contribution in [1.82, 2.24) is 20.1 Å². The number of amides is 1. The topological polar surface area (TPSA) is 126 Å². The summed E-state index contributed by atoms with van der Waals surface area (Å²) in [6.45, 7) is 5.79. The molecule has 4 rings (SSSR count). The fourth-order valence-corrected chi connectivity index (χ4v) is 4.80. The normalized spacial score (nSPS) is 15.9. The summed E-state index contributed by atoms with van der Waals surface area (Å²) in [6, 6.07) is 7.14. The number of fused-ring (bicyclic) bond motifs is 2. The highest BCUT2D eigenvalue weighted by Crippen LogP contribution is 2.38. The van der Waals surface area contributed by atoms with Crippen molar-refractivity contribution in [2.24, 2.45) is 5.41 Å². The molecule has 2 aromatic heterocycles. The Morgan fingerprint density at radius 1 is 1.26 bits per heavy atom. The van der Waals surface area contributed by atoms with Crippen molar-refractivity contribution in [3.8, 4) is 11.4 Å². The first-order valence-corrected chi connectivity index (χ1v) is 11.6. The van der Waals surface area contributed by atoms with Gasteiger partial charge in [0.15, 0.2) is 0 Å². The van der Waals surface area contributed by atoms with Crippen molar-refractivity contribution in [3.05, 3.63) is 35.5 Å². The molecule has 4 N–H and O–H groups in total. The molecule has 0 radical (unpaired) electrons. The van der Waals surface area contributed by atoms with Gasteiger partial charge in [-0.1, -0.05) is 19.9 Å². The smallest absolute Gasteiger partial charge is 0.317 e. The first-order valence-electron chi connectivity index (χ1n) is 11.6. The second-order valence-electron chi connectivity index (χ2n) is 9.99. The molecule has 0 saturated heterocycles. The number of carboxylic acids is 1. The fraction of sp³-hybridized carbons (Fsp3) is 0.480. The van der Waals surface area contributed by atoms with Crippen LogP contribution >= 0.6 is 0 Å². The molecular formula is C25H33N5O4. The van der Waals surface area contributed by atoms with E-state index in [1.165, 1.54) is 21.1 Å². The molecule has 0 bridgehead atoms. The van der Waals surface area contributed by atoms with Crippen molar-refractivity contribution in [1.29, 1.82) is 0 Å². The highest BCUT2D eigenvalue weighted by Gasteiger charge is 2.30. The molecule has 0 saturated carbocycles. The third kappa shape index (κ3) is 4.71. The number of carbonyl (C=O) groups is 2. The summed E-state index contributed by atoms with van der Waals surface area (Å²) in [5.41, 5.74) is 6.25. The lowest BCUT2D eigenvalue weighted by Crippen LogP contribution is -2.48. The average Bonchev–Trinajstić information content (AvgIpc) is 3.38. The largest absolute Gasteiger partial charge is 0.480 e. The van der Waals surface area contributed by atoms with Gasteiger partial charge in [-0.15, -0.1) is 0 Å². The molecule has 1 amide bonds. The number of carbonyl (C=O) groups excluding carboxylic acids is 1. The van der Waals surface area contributed by atoms with E-state index >= 15 is 0 Å². The summed E-state index contributed by atoms with van der Waals surface area (Å²) >= 11 is 0. The summed E-state index contributed by atoms with van der Waals surface area (Å²) in [5.74, 6) is -1.29. The van der Waals surface area contributed by atoms with Crippen molar-refractivity contribution >= 4 is 28.5 Å². The van der Waals surface area contributed by atoms with Crippen LogP contribution in [0.5, 0.6) is 0 Å². The van der Waals surface area contributed by atoms with Crippen molar-refractivity contribution in [2.45, 2.75) is 46.1 Å². The lowest BCUT2D eigenvalue weighted by atomic mass is 9.76. The van der Waals surface area contributed by atoms with Crippen LogP contribution in [0.2, 0.25) is 0 Å². The highest BCUT2D eigenvalue weighted by atomic mass is 16.4. The standard InChI is InChI=1S/C25H33N5O4/c1-15(30(9-10-31)14-22(32)33)24(34)29(4)17-6-5-16-11-20(26-19(16)12-17)23-18-7-8-25(2,3)13-21(18)27-28-23/h5-6,11-12,15,26,31H,7-10,13-14H2,1-4H3,(H,27,28)(H,32,33). The van der Waals surface area contributed by atoms with Crippen molar-refractivity contribution in [2.75, 3.05) is 31.6 Å². The van der Waals surface area contributed by atoms with Gasteiger partial charge < -0.3 is 20.1 Å². The minimum absolute atomic E-state index is 0.108. The Hall–Kier alpha value is -3.17. The number of aromatic nitrogens is 3. The first kappa shape index (κ1) is 24.0. The Morgan fingerprint density at radius 2 is 2.03 bits per heavy atom. The summed E-state index contributed by atoms with van der Waals surface area (Å²) < 4.78 is 0. The number of carboxylic acid groups (broad SMARTS) is 1. The van der Waals surface area contributed by atoms with E-state index in [9.17, 15) is 14.7 Å². The van der Waals surface area contributed by atoms with Crippen LogP contribution in [0.25, 0.3) is 22.3 Å². The molecule has 3 aromatic rings. The molecule has 34 heavy (non-hydrogen) atoms. The summed E-state index contributed by atoms with van der Waals surface area (Å²) in [4.78, 5) is 30.7. The minimum atomic E-state index is -1.04. The minimum Gasteiger partial charge on any atom is -0.480 e. The van der Waals surface area contributed by atoms with Crippen molar-refractivity contribution in [3.63, 3.8) is 0 Å². The zero-order valence-corrected chi connectivity index (χ0v) is 20.2. The number of aromatic amines is 2. The van der Waals surface area contributed by atoms with Gasteiger partial charge >= 0.3 is 5.97 Å². The van der Waals surface area contributed by atoms with Crippen LogP contribution in [-0.2, 0) is 22.4 Å². The van der Waals surface area contributed by atoms with Gasteiger partial charge in [0.05, 0.1) is 24.9 Å². The van der Waals surface area contributed by atoms with E-state index in [0.717, 1.165) is 41.6 Å². The lowest BCUT2D eigenvalue weighted by molar-refractivity contribution is -0.139. The number of hydrogen-bond acceptors (Lipinski definition) is 5. The number of likely N-dealkylation sites (N-methyl/N-ethyl adjacent to an activating group) is 1. The van der Waals surface area contributed by atoms with Gasteiger partial charge in [-0.25, -0.2) is 0 Å². The Labute approximate surface area is 198 Å². The number of nitrogens with one attached hydrogen (secondary N) is 2. The van der Waals surface area contributed by atoms with E-state index < -0.39 is 12.0 Å². The molecule has 1 aliphatic rings. The van der Waals surface area contributed by atoms with Crippen LogP contribution in [0.1, 0.15) is 38.4 Å². The molecule has 1 unspecified atom stereocenters. The van der Waals surface area contributed by atoms with Gasteiger partial charge in [0.1, 0.15) is 5.69 Å². The second kappa shape index (κ2) is 9.23. The average molecular weight is 468 g/mol. The van der Waals surface area contributed by atoms with Crippen LogP contribution < -0.4 is 4.90 Å². The van der Waals surface area contributed by atoms with Crippen LogP contribution in [-0.4, -0.2) is 75.0 Å². The monoisotopic (exact) mass is 467 g/mol. The quantitative estimate of drug-likeness (QED) is 0.404. The number of hydrogen-bond donors (Lipinski definition) is 4. The van der Waals surface area contributed by atoms with E-state index in [2.05, 4.69) is 35.1 Å². The number of rotatable bonds is 8. The number of aliphatic hydroxyl groups is 1. The number of benzene rings is 1. The zero-order chi connectivity index (χ0) is 24.6. The molecule has 1 aromatic carbocycles. The van der Waals surface area contributed by atoms with Gasteiger partial charge in [0.25, 0.3) is 0 Å². The summed E-state index contributed by atoms with van der Waals surface area (Å²) in [5, 5.41) is 27.3. The van der Waals surface area contributed by atoms with Gasteiger partial charge in [-0.3, -0.25) is 19.6 Å². The maximum atomic E-state index is 13.1. The van der Waals surface area contributed by atoms with E-state index in [4.69, 9.17) is 5.11 Å². The molecule has 2 heterocycles.